The number of carboxylic acid groups (broad SMARTS) is 1. The number of aliphatic hydroxyl groups is 1. The van der Waals surface area contributed by atoms with Gasteiger partial charge in [0.25, 0.3) is 0 Å². The van der Waals surface area contributed by atoms with Crippen LogP contribution in [0.15, 0.2) is 66.6 Å². The highest BCUT2D eigenvalue weighted by Crippen LogP contribution is 2.52. The highest BCUT2D eigenvalue weighted by Gasteiger charge is 2.50. The van der Waals surface area contributed by atoms with Crippen LogP contribution in [0.25, 0.3) is 22.9 Å². The molecular formula is C54H58Cl2F6N4O9. The van der Waals surface area contributed by atoms with Crippen LogP contribution in [0.2, 0.25) is 10.0 Å². The molecule has 21 heteroatoms. The van der Waals surface area contributed by atoms with Gasteiger partial charge in [0.1, 0.15) is 23.2 Å². The topological polar surface area (TPSA) is 196 Å². The normalized spacial score (nSPS) is 15.1. The lowest BCUT2D eigenvalue weighted by molar-refractivity contribution is -0.137. The summed E-state index contributed by atoms with van der Waals surface area (Å²) >= 11 is 11.6. The second kappa shape index (κ2) is 22.8. The predicted molar refractivity (Wildman–Crippen MR) is 263 cm³/mol. The van der Waals surface area contributed by atoms with Gasteiger partial charge in [0, 0.05) is 94.7 Å². The Bertz CT molecular complexity index is 3000. The van der Waals surface area contributed by atoms with Crippen LogP contribution in [-0.4, -0.2) is 55.0 Å². The number of aromatic nitrogens is 4. The molecule has 2 aliphatic carbocycles. The largest absolute Gasteiger partial charge is 0.481 e. The van der Waals surface area contributed by atoms with Crippen molar-refractivity contribution < 1.29 is 69.0 Å². The summed E-state index contributed by atoms with van der Waals surface area (Å²) in [6.45, 7) is 8.32. The third kappa shape index (κ3) is 13.4. The number of halogens is 8. The predicted octanol–water partition coefficient (Wildman–Crippen LogP) is 14.5. The molecule has 8 rings (SSSR count). The molecule has 2 atom stereocenters. The Morgan fingerprint density at radius 3 is 1.37 bits per heavy atom. The van der Waals surface area contributed by atoms with Crippen molar-refractivity contribution in [3.05, 3.63) is 115 Å². The molecule has 13 nitrogen and oxygen atoms in total. The Morgan fingerprint density at radius 2 is 1.03 bits per heavy atom. The molecule has 4 aromatic heterocycles. The van der Waals surface area contributed by atoms with Crippen molar-refractivity contribution >= 4 is 40.7 Å². The summed E-state index contributed by atoms with van der Waals surface area (Å²) < 4.78 is 109. The van der Waals surface area contributed by atoms with Crippen LogP contribution in [-0.2, 0) is 39.1 Å². The number of carbonyl (C=O) groups excluding carboxylic acids is 2. The Balaban J connectivity index is 0.000000219. The number of benzene rings is 2. The van der Waals surface area contributed by atoms with Crippen molar-refractivity contribution in [1.82, 2.24) is 20.6 Å². The SMILES string of the molecule is CC(C)(C)C(F)(F)c1cc(-c2onc([C@@H](CCC(=O)O)CC(=O)Cc3ccc(Cl)cc3F)c2C2CC2)no1.CC(C)(C)C(F)(F)c1cc(-c2onc([C@@H](CCCO)CC(=O)Cc3ccc(Cl)cc3F)c2C2CC2)no1. The second-order valence-electron chi connectivity index (χ2n) is 21.5. The zero-order chi connectivity index (χ0) is 54.8. The van der Waals surface area contributed by atoms with Crippen LogP contribution < -0.4 is 0 Å². The molecule has 0 radical (unpaired) electrons. The maximum Gasteiger partial charge on any atom is 0.312 e. The first-order valence-electron chi connectivity index (χ1n) is 24.6. The van der Waals surface area contributed by atoms with E-state index in [-0.39, 0.29) is 113 Å². The average Bonchev–Trinajstić information content (AvgIpc) is 4.08. The monoisotopic (exact) mass is 1090 g/mol. The molecule has 2 fully saturated rings. The maximum atomic E-state index is 14.8. The first-order chi connectivity index (χ1) is 35.2. The number of carboxylic acids is 1. The molecule has 0 amide bonds. The first-order valence-corrected chi connectivity index (χ1v) is 25.4. The molecule has 0 aliphatic heterocycles. The number of carbonyl (C=O) groups is 3. The van der Waals surface area contributed by atoms with Crippen molar-refractivity contribution in [3.63, 3.8) is 0 Å². The van der Waals surface area contributed by atoms with Gasteiger partial charge in [0.15, 0.2) is 22.9 Å². The van der Waals surface area contributed by atoms with Crippen molar-refractivity contribution in [2.45, 2.75) is 154 Å². The molecule has 2 aliphatic rings. The molecular weight excluding hydrogens is 1030 g/mol. The lowest BCUT2D eigenvalue weighted by Crippen LogP contribution is -2.30. The van der Waals surface area contributed by atoms with E-state index in [0.717, 1.165) is 49.4 Å². The number of nitrogens with zero attached hydrogens (tertiary/aromatic N) is 4. The fourth-order valence-electron chi connectivity index (χ4n) is 8.67. The van der Waals surface area contributed by atoms with Crippen molar-refractivity contribution in [2.75, 3.05) is 6.61 Å². The summed E-state index contributed by atoms with van der Waals surface area (Å²) in [4.78, 5) is 37.2. The smallest absolute Gasteiger partial charge is 0.312 e. The van der Waals surface area contributed by atoms with E-state index in [9.17, 15) is 50.9 Å². The third-order valence-electron chi connectivity index (χ3n) is 13.4. The van der Waals surface area contributed by atoms with Gasteiger partial charge in [-0.25, -0.2) is 8.78 Å². The molecule has 0 saturated heterocycles. The number of rotatable bonds is 22. The van der Waals surface area contributed by atoms with Gasteiger partial charge in [-0.3, -0.25) is 14.4 Å². The van der Waals surface area contributed by atoms with Crippen molar-refractivity contribution in [2.24, 2.45) is 10.8 Å². The summed E-state index contributed by atoms with van der Waals surface area (Å²) in [6.07, 6.45) is 3.66. The highest BCUT2D eigenvalue weighted by molar-refractivity contribution is 6.30. The van der Waals surface area contributed by atoms with Gasteiger partial charge in [-0.1, -0.05) is 97.5 Å². The van der Waals surface area contributed by atoms with Crippen LogP contribution in [0, 0.1) is 22.5 Å². The van der Waals surface area contributed by atoms with Gasteiger partial charge in [0.05, 0.1) is 11.4 Å². The number of Topliss-reactive ketones (excluding diaryl/α,β-unsaturated/α-hetero) is 2. The van der Waals surface area contributed by atoms with Crippen LogP contribution in [0.4, 0.5) is 26.3 Å². The molecule has 6 aromatic rings. The second-order valence-corrected chi connectivity index (χ2v) is 22.3. The molecule has 2 saturated carbocycles. The fourth-order valence-corrected chi connectivity index (χ4v) is 8.98. The Kier molecular flexibility index (Phi) is 17.3. The number of aliphatic carboxylic acids is 1. The van der Waals surface area contributed by atoms with Gasteiger partial charge < -0.3 is 28.3 Å². The van der Waals surface area contributed by atoms with E-state index in [1.54, 1.807) is 0 Å². The Morgan fingerprint density at radius 1 is 0.627 bits per heavy atom. The molecule has 0 spiro atoms. The molecule has 404 valence electrons. The van der Waals surface area contributed by atoms with Crippen LogP contribution in [0.5, 0.6) is 0 Å². The summed E-state index contributed by atoms with van der Waals surface area (Å²) in [6, 6.07) is 10.5. The standard InChI is InChI=1S/C27H28ClF3N2O5.C27H30ClF3N2O4/c1-26(2,3)27(30,31)21-13-20(32-37-21)25-23(14-4-5-14)24(33-38-25)16(7-9-22(35)36)11-18(34)10-15-6-8-17(28)12-19(15)29;1-26(2,3)27(30,31)22-14-21(32-36-22)25-23(15-6-7-15)24(33-37-25)17(5-4-10-34)12-19(35)11-16-8-9-18(28)13-20(16)29/h6,8,12-14,16H,4-5,7,9-11H2,1-3H3,(H,35,36);8-9,13-15,17,34H,4-7,10-12H2,1-3H3/t16-;17-/m00/s1. The first kappa shape index (κ1) is 56.9. The number of ketones is 2. The van der Waals surface area contributed by atoms with E-state index in [1.807, 2.05) is 0 Å². The average molecular weight is 1090 g/mol. The lowest BCUT2D eigenvalue weighted by Gasteiger charge is -2.27. The van der Waals surface area contributed by atoms with Gasteiger partial charge in [0.2, 0.25) is 11.5 Å². The number of hydrogen-bond acceptors (Lipinski definition) is 12. The van der Waals surface area contributed by atoms with Crippen molar-refractivity contribution in [1.29, 1.82) is 0 Å². The lowest BCUT2D eigenvalue weighted by atomic mass is 9.86. The van der Waals surface area contributed by atoms with Gasteiger partial charge >= 0.3 is 17.8 Å². The molecule has 75 heavy (non-hydrogen) atoms. The molecule has 0 unspecified atom stereocenters. The third-order valence-corrected chi connectivity index (χ3v) is 13.9. The van der Waals surface area contributed by atoms with E-state index >= 15 is 0 Å². The summed E-state index contributed by atoms with van der Waals surface area (Å²) in [5.74, 6) is -11.0. The molecule has 2 aromatic carbocycles. The quantitative estimate of drug-likeness (QED) is 0.0610. The van der Waals surface area contributed by atoms with Crippen LogP contribution >= 0.6 is 23.2 Å². The zero-order valence-electron chi connectivity index (χ0n) is 42.2. The van der Waals surface area contributed by atoms with E-state index < -0.39 is 63.6 Å². The van der Waals surface area contributed by atoms with Gasteiger partial charge in [-0.2, -0.15) is 17.6 Å². The minimum Gasteiger partial charge on any atom is -0.481 e. The Hall–Kier alpha value is -5.79. The molecule has 0 bridgehead atoms. The number of alkyl halides is 4. The summed E-state index contributed by atoms with van der Waals surface area (Å²) in [5, 5.41) is 35.2. The van der Waals surface area contributed by atoms with E-state index in [1.165, 1.54) is 71.9 Å². The van der Waals surface area contributed by atoms with E-state index in [0.29, 0.717) is 29.8 Å². The van der Waals surface area contributed by atoms with Gasteiger partial charge in [-0.15, -0.1) is 0 Å². The molecule has 4 heterocycles. The Labute approximate surface area is 438 Å². The summed E-state index contributed by atoms with van der Waals surface area (Å²) in [5.41, 5.74) is 0.0754. The van der Waals surface area contributed by atoms with Gasteiger partial charge in [-0.05, 0) is 92.2 Å². The fraction of sp³-hybridized carbons (Fsp3) is 0.500. The number of hydrogen-bond donors (Lipinski definition) is 2. The minimum absolute atomic E-state index is 0.00525. The maximum absolute atomic E-state index is 14.8. The summed E-state index contributed by atoms with van der Waals surface area (Å²) in [7, 11) is 0. The van der Waals surface area contributed by atoms with Crippen LogP contribution in [0.1, 0.15) is 175 Å². The minimum atomic E-state index is -3.30. The van der Waals surface area contributed by atoms with E-state index in [4.69, 9.17) is 41.3 Å². The van der Waals surface area contributed by atoms with E-state index in [2.05, 4.69) is 20.6 Å². The number of aliphatic hydroxyl groups excluding tert-OH is 1. The zero-order valence-corrected chi connectivity index (χ0v) is 43.7. The highest BCUT2D eigenvalue weighted by atomic mass is 35.5. The molecule has 2 N–H and O–H groups in total. The van der Waals surface area contributed by atoms with Crippen molar-refractivity contribution in [3.8, 4) is 22.9 Å². The van der Waals surface area contributed by atoms with Crippen LogP contribution in [0.3, 0.4) is 0 Å².